The van der Waals surface area contributed by atoms with Crippen molar-refractivity contribution >= 4 is 34.1 Å². The first-order valence-corrected chi connectivity index (χ1v) is 8.38. The van der Waals surface area contributed by atoms with Gasteiger partial charge in [-0.3, -0.25) is 4.79 Å². The number of nitrogens with one attached hydrogen (secondary N) is 2. The van der Waals surface area contributed by atoms with E-state index in [1.54, 1.807) is 24.3 Å². The molecule has 0 spiro atoms. The van der Waals surface area contributed by atoms with E-state index in [-0.39, 0.29) is 16.3 Å². The third-order valence-corrected chi connectivity index (χ3v) is 4.48. The van der Waals surface area contributed by atoms with Crippen LogP contribution in [0.15, 0.2) is 53.5 Å². The van der Waals surface area contributed by atoms with Crippen LogP contribution >= 0.6 is 11.6 Å². The summed E-state index contributed by atoms with van der Waals surface area (Å²) in [5.41, 5.74) is -0.000723. The van der Waals surface area contributed by atoms with Gasteiger partial charge in [-0.15, -0.1) is 0 Å². The van der Waals surface area contributed by atoms with Crippen LogP contribution in [0.25, 0.3) is 10.8 Å². The number of fused-ring (bicyclic) bond motifs is 1. The molecule has 1 atom stereocenters. The molecule has 2 amide bonds. The maximum Gasteiger partial charge on any atom is 0.322 e. The molecular weight excluding hydrogens is 369 g/mol. The van der Waals surface area contributed by atoms with Crippen LogP contribution in [0.5, 0.6) is 0 Å². The molecule has 5 nitrogen and oxygen atoms in total. The normalized spacial score (nSPS) is 15.7. The molecule has 0 bridgehead atoms. The Morgan fingerprint density at radius 2 is 2.11 bits per heavy atom. The monoisotopic (exact) mass is 392 g/mol. The number of pyridine rings is 1. The number of carbonyl (C=O) groups excluding carboxylic acids is 1. The molecule has 0 aliphatic rings. The van der Waals surface area contributed by atoms with E-state index in [4.69, 9.17) is 18.5 Å². The maximum absolute atomic E-state index is 13.5. The number of halogens is 2. The number of hydrogen-bond donors (Lipinski definition) is 2. The minimum Gasteiger partial charge on any atom is -0.328 e. The molecule has 140 valence electrons. The van der Waals surface area contributed by atoms with Crippen molar-refractivity contribution in [3.63, 3.8) is 0 Å². The summed E-state index contributed by atoms with van der Waals surface area (Å²) in [6, 6.07) is 7.64. The second-order valence-corrected chi connectivity index (χ2v) is 6.24. The van der Waals surface area contributed by atoms with Crippen molar-refractivity contribution in [1.29, 1.82) is 0 Å². The van der Waals surface area contributed by atoms with Crippen LogP contribution in [0.4, 0.5) is 14.9 Å². The first kappa shape index (κ1) is 13.3. The third kappa shape index (κ3) is 3.80. The summed E-state index contributed by atoms with van der Waals surface area (Å²) in [5, 5.41) is 2.84. The number of rotatable bonds is 4. The molecule has 0 aliphatic heterocycles. The van der Waals surface area contributed by atoms with Gasteiger partial charge in [0.15, 0.2) is 0 Å². The van der Waals surface area contributed by atoms with Crippen molar-refractivity contribution in [2.75, 3.05) is 11.8 Å². The largest absolute Gasteiger partial charge is 0.328 e. The molecular formula is C20H19ClFN3O2. The van der Waals surface area contributed by atoms with Gasteiger partial charge in [-0.1, -0.05) is 29.8 Å². The number of benzene rings is 2. The summed E-state index contributed by atoms with van der Waals surface area (Å²) in [6.45, 7) is -4.85. The van der Waals surface area contributed by atoms with E-state index < -0.39 is 31.2 Å². The molecule has 0 radical (unpaired) electrons. The lowest BCUT2D eigenvalue weighted by Gasteiger charge is -2.29. The van der Waals surface area contributed by atoms with E-state index in [0.29, 0.717) is 21.2 Å². The third-order valence-electron chi connectivity index (χ3n) is 4.19. The first-order valence-electron chi connectivity index (χ1n) is 10.5. The molecule has 1 aromatic heterocycles. The van der Waals surface area contributed by atoms with Crippen LogP contribution in [0.2, 0.25) is 5.02 Å². The second-order valence-electron chi connectivity index (χ2n) is 5.84. The quantitative estimate of drug-likeness (QED) is 0.660. The highest BCUT2D eigenvalue weighted by molar-refractivity contribution is 6.31. The van der Waals surface area contributed by atoms with Crippen molar-refractivity contribution in [1.82, 2.24) is 9.88 Å². The zero-order chi connectivity index (χ0) is 23.8. The summed E-state index contributed by atoms with van der Waals surface area (Å²) >= 11 is 5.74. The van der Waals surface area contributed by atoms with Crippen molar-refractivity contribution < 1.29 is 16.0 Å². The minimum atomic E-state index is -3.20. The lowest BCUT2D eigenvalue weighted by molar-refractivity contribution is 0.197. The standard InChI is InChI=1S/C20H19ClFN3O2/c1-3-25(20(27)24-13-8-9-18(22)17(21)10-13)12(2)16-11-23-19(26)15-7-5-4-6-14(15)16/h4-12H,3H2,1-2H3,(H,23,26)(H,24,27)/t12-/m1/s1/i1D3,3D2. The SMILES string of the molecule is [2H]C([2H])([2H])C([2H])([2H])N(C(=O)Nc1ccc(F)c(Cl)c1)[C@H](C)c1c[nH]c(=O)c2ccccc12. The molecule has 3 aromatic rings. The van der Waals surface area contributed by atoms with Gasteiger partial charge in [0.05, 0.1) is 11.1 Å². The molecule has 0 fully saturated rings. The molecule has 27 heavy (non-hydrogen) atoms. The predicted octanol–water partition coefficient (Wildman–Crippen LogP) is 4.94. The van der Waals surface area contributed by atoms with E-state index in [1.165, 1.54) is 19.2 Å². The van der Waals surface area contributed by atoms with Gasteiger partial charge >= 0.3 is 6.03 Å². The van der Waals surface area contributed by atoms with Crippen molar-refractivity contribution in [3.05, 3.63) is 75.4 Å². The number of aromatic amines is 1. The number of carbonyl (C=O) groups is 1. The number of H-pyrrole nitrogens is 1. The van der Waals surface area contributed by atoms with Crippen LogP contribution in [0, 0.1) is 5.82 Å². The van der Waals surface area contributed by atoms with Crippen molar-refractivity contribution in [3.8, 4) is 0 Å². The average Bonchev–Trinajstić information content (AvgIpc) is 2.70. The van der Waals surface area contributed by atoms with Crippen LogP contribution in [0.1, 0.15) is 32.2 Å². The van der Waals surface area contributed by atoms with Crippen LogP contribution < -0.4 is 10.9 Å². The smallest absolute Gasteiger partial charge is 0.322 e. The highest BCUT2D eigenvalue weighted by Crippen LogP contribution is 2.27. The highest BCUT2D eigenvalue weighted by Gasteiger charge is 2.22. The number of anilines is 1. The molecule has 0 aliphatic carbocycles. The molecule has 0 saturated heterocycles. The van der Waals surface area contributed by atoms with Gasteiger partial charge < -0.3 is 15.2 Å². The number of amides is 2. The van der Waals surface area contributed by atoms with E-state index in [1.807, 2.05) is 0 Å². The van der Waals surface area contributed by atoms with Crippen LogP contribution in [0.3, 0.4) is 0 Å². The molecule has 7 heteroatoms. The molecule has 2 N–H and O–H groups in total. The Bertz CT molecular complexity index is 1230. The van der Waals surface area contributed by atoms with E-state index in [9.17, 15) is 14.0 Å². The van der Waals surface area contributed by atoms with Crippen molar-refractivity contribution in [2.45, 2.75) is 19.8 Å². The maximum atomic E-state index is 13.5. The summed E-state index contributed by atoms with van der Waals surface area (Å²) in [6.07, 6.45) is 1.32. The molecule has 3 rings (SSSR count). The Hall–Kier alpha value is -2.86. The van der Waals surface area contributed by atoms with Gasteiger partial charge in [0.2, 0.25) is 0 Å². The highest BCUT2D eigenvalue weighted by atomic mass is 35.5. The fourth-order valence-electron chi connectivity index (χ4n) is 2.80. The summed E-state index contributed by atoms with van der Waals surface area (Å²) < 4.78 is 52.9. The van der Waals surface area contributed by atoms with Gasteiger partial charge in [-0.25, -0.2) is 9.18 Å². The van der Waals surface area contributed by atoms with Crippen LogP contribution in [-0.2, 0) is 0 Å². The van der Waals surface area contributed by atoms with Gasteiger partial charge in [0.25, 0.3) is 5.56 Å². The average molecular weight is 393 g/mol. The lowest BCUT2D eigenvalue weighted by atomic mass is 10.0. The van der Waals surface area contributed by atoms with Crippen LogP contribution in [-0.4, -0.2) is 22.4 Å². The van der Waals surface area contributed by atoms with Crippen molar-refractivity contribution in [2.24, 2.45) is 0 Å². The summed E-state index contributed by atoms with van der Waals surface area (Å²) in [4.78, 5) is 28.4. The first-order chi connectivity index (χ1) is 14.8. The fourth-order valence-corrected chi connectivity index (χ4v) is 2.98. The predicted molar refractivity (Wildman–Crippen MR) is 106 cm³/mol. The summed E-state index contributed by atoms with van der Waals surface area (Å²) in [7, 11) is 0. The second kappa shape index (κ2) is 7.80. The molecule has 2 aromatic carbocycles. The Labute approximate surface area is 167 Å². The fraction of sp³-hybridized carbons (Fsp3) is 0.200. The number of aromatic nitrogens is 1. The zero-order valence-corrected chi connectivity index (χ0v) is 15.0. The number of nitrogens with zero attached hydrogens (tertiary/aromatic N) is 1. The number of hydrogen-bond acceptors (Lipinski definition) is 2. The van der Waals surface area contributed by atoms with E-state index in [2.05, 4.69) is 10.3 Å². The van der Waals surface area contributed by atoms with Gasteiger partial charge in [0.1, 0.15) is 5.82 Å². The Morgan fingerprint density at radius 3 is 2.81 bits per heavy atom. The molecule has 0 unspecified atom stereocenters. The summed E-state index contributed by atoms with van der Waals surface area (Å²) in [5.74, 6) is -0.715. The zero-order valence-electron chi connectivity index (χ0n) is 19.2. The minimum absolute atomic E-state index is 0.0475. The Morgan fingerprint density at radius 1 is 1.37 bits per heavy atom. The van der Waals surface area contributed by atoms with E-state index in [0.717, 1.165) is 12.1 Å². The van der Waals surface area contributed by atoms with E-state index >= 15 is 0 Å². The molecule has 0 saturated carbocycles. The van der Waals surface area contributed by atoms with Gasteiger partial charge in [-0.05, 0) is 49.0 Å². The molecule has 1 heterocycles. The van der Waals surface area contributed by atoms with Gasteiger partial charge in [0, 0.05) is 30.6 Å². The topological polar surface area (TPSA) is 65.2 Å². The number of urea groups is 1. The Kier molecular flexibility index (Phi) is 3.85. The Balaban J connectivity index is 2.11. The van der Waals surface area contributed by atoms with Gasteiger partial charge in [-0.2, -0.15) is 0 Å². The lowest BCUT2D eigenvalue weighted by Crippen LogP contribution is -2.37.